The van der Waals surface area contributed by atoms with Crippen molar-refractivity contribution in [2.24, 2.45) is 5.92 Å². The Labute approximate surface area is 98.0 Å². The molecule has 1 aliphatic rings. The van der Waals surface area contributed by atoms with Crippen molar-refractivity contribution in [1.29, 1.82) is 0 Å². The van der Waals surface area contributed by atoms with Gasteiger partial charge in [0.05, 0.1) is 6.20 Å². The van der Waals surface area contributed by atoms with Crippen molar-refractivity contribution in [3.63, 3.8) is 0 Å². The molecule has 2 rings (SSSR count). The van der Waals surface area contributed by atoms with Crippen molar-refractivity contribution in [1.82, 2.24) is 15.5 Å². The summed E-state index contributed by atoms with van der Waals surface area (Å²) in [4.78, 5) is 0. The number of aromatic amines is 1. The first-order valence-corrected chi connectivity index (χ1v) is 6.50. The summed E-state index contributed by atoms with van der Waals surface area (Å²) >= 11 is 0. The van der Waals surface area contributed by atoms with Crippen LogP contribution in [-0.2, 0) is 6.54 Å². The Morgan fingerprint density at radius 2 is 2.19 bits per heavy atom. The highest BCUT2D eigenvalue weighted by Gasteiger charge is 2.21. The fourth-order valence-electron chi connectivity index (χ4n) is 2.53. The molecule has 1 aliphatic carbocycles. The fourth-order valence-corrected chi connectivity index (χ4v) is 2.53. The highest BCUT2D eigenvalue weighted by Crippen LogP contribution is 2.34. The quantitative estimate of drug-likeness (QED) is 0.802. The fraction of sp³-hybridized carbons (Fsp3) is 0.769. The third kappa shape index (κ3) is 2.85. The van der Waals surface area contributed by atoms with Crippen LogP contribution in [0.1, 0.15) is 56.7 Å². The van der Waals surface area contributed by atoms with Crippen LogP contribution in [0.5, 0.6) is 0 Å². The van der Waals surface area contributed by atoms with Crippen molar-refractivity contribution < 1.29 is 0 Å². The Morgan fingerprint density at radius 1 is 1.44 bits per heavy atom. The smallest absolute Gasteiger partial charge is 0.0535 e. The van der Waals surface area contributed by atoms with Gasteiger partial charge < -0.3 is 5.32 Å². The number of hydrogen-bond acceptors (Lipinski definition) is 2. The van der Waals surface area contributed by atoms with Crippen molar-refractivity contribution in [3.05, 3.63) is 17.5 Å². The molecule has 0 aromatic carbocycles. The minimum absolute atomic E-state index is 0.710. The topological polar surface area (TPSA) is 40.7 Å². The molecule has 16 heavy (non-hydrogen) atoms. The molecular formula is C13H23N3. The van der Waals surface area contributed by atoms with Crippen LogP contribution in [0.4, 0.5) is 0 Å². The lowest BCUT2D eigenvalue weighted by molar-refractivity contribution is 0.548. The van der Waals surface area contributed by atoms with E-state index in [-0.39, 0.29) is 0 Å². The van der Waals surface area contributed by atoms with E-state index in [2.05, 4.69) is 29.4 Å². The Bertz CT molecular complexity index is 311. The Hall–Kier alpha value is -0.830. The van der Waals surface area contributed by atoms with Gasteiger partial charge in [-0.2, -0.15) is 5.10 Å². The van der Waals surface area contributed by atoms with Crippen molar-refractivity contribution in [3.8, 4) is 0 Å². The maximum atomic E-state index is 4.20. The zero-order chi connectivity index (χ0) is 11.4. The predicted molar refractivity (Wildman–Crippen MR) is 66.3 cm³/mol. The highest BCUT2D eigenvalue weighted by molar-refractivity contribution is 5.21. The van der Waals surface area contributed by atoms with Gasteiger partial charge in [0, 0.05) is 23.7 Å². The molecule has 0 unspecified atom stereocenters. The minimum Gasteiger partial charge on any atom is -0.312 e. The van der Waals surface area contributed by atoms with Crippen LogP contribution in [-0.4, -0.2) is 16.7 Å². The summed E-state index contributed by atoms with van der Waals surface area (Å²) in [5, 5.41) is 10.9. The van der Waals surface area contributed by atoms with Gasteiger partial charge >= 0.3 is 0 Å². The molecule has 1 aromatic heterocycles. The first-order chi connectivity index (χ1) is 7.77. The average Bonchev–Trinajstić information content (AvgIpc) is 2.84. The number of hydrogen-bond donors (Lipinski definition) is 2. The summed E-state index contributed by atoms with van der Waals surface area (Å²) in [5.74, 6) is 1.44. The molecular weight excluding hydrogens is 198 g/mol. The normalized spacial score (nSPS) is 17.4. The molecule has 2 N–H and O–H groups in total. The van der Waals surface area contributed by atoms with E-state index in [1.165, 1.54) is 36.9 Å². The second kappa shape index (κ2) is 5.48. The maximum Gasteiger partial charge on any atom is 0.0535 e. The van der Waals surface area contributed by atoms with E-state index < -0.39 is 0 Å². The van der Waals surface area contributed by atoms with Gasteiger partial charge in [0.15, 0.2) is 0 Å². The summed E-state index contributed by atoms with van der Waals surface area (Å²) in [7, 11) is 0. The molecule has 0 radical (unpaired) electrons. The molecule has 90 valence electrons. The van der Waals surface area contributed by atoms with Gasteiger partial charge in [-0.3, -0.25) is 5.10 Å². The molecule has 1 heterocycles. The largest absolute Gasteiger partial charge is 0.312 e. The van der Waals surface area contributed by atoms with E-state index in [1.54, 1.807) is 0 Å². The monoisotopic (exact) mass is 221 g/mol. The van der Waals surface area contributed by atoms with Gasteiger partial charge in [-0.05, 0) is 25.3 Å². The number of nitrogens with zero attached hydrogens (tertiary/aromatic N) is 1. The zero-order valence-electron chi connectivity index (χ0n) is 10.4. The number of aromatic nitrogens is 2. The van der Waals surface area contributed by atoms with Crippen LogP contribution >= 0.6 is 0 Å². The molecule has 0 atom stereocenters. The van der Waals surface area contributed by atoms with Crippen molar-refractivity contribution in [2.45, 2.75) is 52.0 Å². The molecule has 1 fully saturated rings. The lowest BCUT2D eigenvalue weighted by Gasteiger charge is -2.11. The van der Waals surface area contributed by atoms with E-state index in [0.717, 1.165) is 19.0 Å². The molecule has 0 bridgehead atoms. The molecule has 1 saturated carbocycles. The first-order valence-electron chi connectivity index (χ1n) is 6.50. The zero-order valence-corrected chi connectivity index (χ0v) is 10.4. The van der Waals surface area contributed by atoms with Crippen LogP contribution in [0, 0.1) is 5.92 Å². The second-order valence-corrected chi connectivity index (χ2v) is 5.32. The molecule has 3 nitrogen and oxygen atoms in total. The third-order valence-electron chi connectivity index (χ3n) is 3.38. The Morgan fingerprint density at radius 3 is 2.88 bits per heavy atom. The Kier molecular flexibility index (Phi) is 3.99. The number of rotatable bonds is 5. The van der Waals surface area contributed by atoms with Gasteiger partial charge in [0.1, 0.15) is 0 Å². The maximum absolute atomic E-state index is 4.20. The van der Waals surface area contributed by atoms with Crippen LogP contribution in [0.3, 0.4) is 0 Å². The lowest BCUT2D eigenvalue weighted by atomic mass is 10.0. The van der Waals surface area contributed by atoms with Crippen LogP contribution in [0.25, 0.3) is 0 Å². The van der Waals surface area contributed by atoms with Crippen molar-refractivity contribution >= 4 is 0 Å². The molecule has 3 heteroatoms. The average molecular weight is 221 g/mol. The van der Waals surface area contributed by atoms with Gasteiger partial charge in [0.2, 0.25) is 0 Å². The second-order valence-electron chi connectivity index (χ2n) is 5.32. The van der Waals surface area contributed by atoms with Gasteiger partial charge in [-0.15, -0.1) is 0 Å². The SMILES string of the molecule is CC(C)CNCc1cn[nH]c1C1CCCC1. The number of nitrogens with one attached hydrogen (secondary N) is 2. The standard InChI is InChI=1S/C13H23N3/c1-10(2)7-14-8-12-9-15-16-13(12)11-5-3-4-6-11/h9-11,14H,3-8H2,1-2H3,(H,15,16). The summed E-state index contributed by atoms with van der Waals surface area (Å²) in [6.45, 7) is 6.51. The van der Waals surface area contributed by atoms with E-state index in [1.807, 2.05) is 6.20 Å². The van der Waals surface area contributed by atoms with Crippen molar-refractivity contribution in [2.75, 3.05) is 6.54 Å². The van der Waals surface area contributed by atoms with Gasteiger partial charge in [0.25, 0.3) is 0 Å². The summed E-state index contributed by atoms with van der Waals surface area (Å²) in [6.07, 6.45) is 7.41. The molecule has 1 aromatic rings. The summed E-state index contributed by atoms with van der Waals surface area (Å²) < 4.78 is 0. The third-order valence-corrected chi connectivity index (χ3v) is 3.38. The Balaban J connectivity index is 1.91. The van der Waals surface area contributed by atoms with E-state index >= 15 is 0 Å². The van der Waals surface area contributed by atoms with Crippen LogP contribution in [0.15, 0.2) is 6.20 Å². The summed E-state index contributed by atoms with van der Waals surface area (Å²) in [6, 6.07) is 0. The predicted octanol–water partition coefficient (Wildman–Crippen LogP) is 2.81. The van der Waals surface area contributed by atoms with Crippen LogP contribution < -0.4 is 5.32 Å². The first kappa shape index (κ1) is 11.6. The van der Waals surface area contributed by atoms with Gasteiger partial charge in [-0.1, -0.05) is 26.7 Å². The number of H-pyrrole nitrogens is 1. The molecule has 0 amide bonds. The highest BCUT2D eigenvalue weighted by atomic mass is 15.1. The minimum atomic E-state index is 0.710. The van der Waals surface area contributed by atoms with E-state index in [0.29, 0.717) is 5.92 Å². The lowest BCUT2D eigenvalue weighted by Crippen LogP contribution is -2.19. The molecule has 0 aliphatic heterocycles. The summed E-state index contributed by atoms with van der Waals surface area (Å²) in [5.41, 5.74) is 2.75. The van der Waals surface area contributed by atoms with E-state index in [9.17, 15) is 0 Å². The van der Waals surface area contributed by atoms with Gasteiger partial charge in [-0.25, -0.2) is 0 Å². The molecule has 0 spiro atoms. The van der Waals surface area contributed by atoms with E-state index in [4.69, 9.17) is 0 Å². The molecule has 0 saturated heterocycles. The van der Waals surface area contributed by atoms with Crippen LogP contribution in [0.2, 0.25) is 0 Å².